The number of nitrogens with zero attached hydrogens (tertiary/aromatic N) is 2. The highest BCUT2D eigenvalue weighted by Crippen LogP contribution is 2.35. The zero-order chi connectivity index (χ0) is 33.5. The summed E-state index contributed by atoms with van der Waals surface area (Å²) in [6, 6.07) is 33.5. The normalized spacial score (nSPS) is 12.5. The second kappa shape index (κ2) is 18.2. The Kier molecular flexibility index (Phi) is 14.7. The standard InChI is InChI=1S/C20H24N2.C12H18N.C8H7NO/c1-14(2)17-11-8-12-18(15(3)4)20(17)22-19(13-21)16-9-6-5-7-10-16;1-8(2)10-6-5-7-11(9(3)4)12(10)13;1-9-8(10)7-5-3-2-4-6-7/h5-12,14-15,19,22H,1-4H3;5-9H,1,13H2,2-4H3;2-6,8,10H/q;+1;. The van der Waals surface area contributed by atoms with Gasteiger partial charge in [-0.1, -0.05) is 126 Å². The Bertz CT molecular complexity index is 1480. The quantitative estimate of drug-likeness (QED) is 0.138. The van der Waals surface area contributed by atoms with Gasteiger partial charge in [0.25, 0.3) is 0 Å². The first-order valence-electron chi connectivity index (χ1n) is 15.6. The van der Waals surface area contributed by atoms with Crippen molar-refractivity contribution in [1.29, 1.82) is 5.26 Å². The van der Waals surface area contributed by atoms with Crippen LogP contribution in [0.15, 0.2) is 97.1 Å². The van der Waals surface area contributed by atoms with E-state index in [4.69, 9.17) is 17.4 Å². The summed E-state index contributed by atoms with van der Waals surface area (Å²) in [5, 5.41) is 22.0. The second-order valence-corrected chi connectivity index (χ2v) is 12.1. The summed E-state index contributed by atoms with van der Waals surface area (Å²) in [6.45, 7) is 25.6. The van der Waals surface area contributed by atoms with Crippen molar-refractivity contribution in [3.63, 3.8) is 0 Å². The van der Waals surface area contributed by atoms with Crippen LogP contribution in [0.25, 0.3) is 4.85 Å². The van der Waals surface area contributed by atoms with Crippen molar-refractivity contribution >= 4 is 11.4 Å². The molecule has 0 amide bonds. The van der Waals surface area contributed by atoms with E-state index in [9.17, 15) is 5.26 Å². The zero-order valence-electron chi connectivity index (χ0n) is 27.8. The summed E-state index contributed by atoms with van der Waals surface area (Å²) in [6.07, 6.45) is -0.999. The summed E-state index contributed by atoms with van der Waals surface area (Å²) in [5.74, 6) is 1.57. The van der Waals surface area contributed by atoms with Crippen LogP contribution in [0.5, 0.6) is 0 Å². The minimum atomic E-state index is -0.999. The van der Waals surface area contributed by atoms with Gasteiger partial charge in [-0.3, -0.25) is 4.85 Å². The Morgan fingerprint density at radius 2 is 1.11 bits per heavy atom. The van der Waals surface area contributed by atoms with Crippen LogP contribution in [0, 0.1) is 24.8 Å². The number of nitrogens with one attached hydrogen (secondary N) is 1. The lowest BCUT2D eigenvalue weighted by Crippen LogP contribution is -2.13. The summed E-state index contributed by atoms with van der Waals surface area (Å²) in [7, 11) is 0. The number of hydrogen-bond acceptors (Lipinski definition) is 4. The first-order valence-corrected chi connectivity index (χ1v) is 15.6. The Morgan fingerprint density at radius 3 is 1.51 bits per heavy atom. The molecule has 0 aliphatic rings. The van der Waals surface area contributed by atoms with Crippen LogP contribution < -0.4 is 11.1 Å². The van der Waals surface area contributed by atoms with E-state index in [0.29, 0.717) is 23.3 Å². The zero-order valence-corrected chi connectivity index (χ0v) is 27.8. The molecular formula is C40H49N4O+. The Labute approximate surface area is 271 Å². The molecule has 4 aromatic rings. The Balaban J connectivity index is 0.000000259. The molecule has 0 bridgehead atoms. The number of nitrogen functional groups attached to an aromatic ring is 1. The van der Waals surface area contributed by atoms with Crippen molar-refractivity contribution in [3.8, 4) is 6.07 Å². The highest BCUT2D eigenvalue weighted by molar-refractivity contribution is 5.62. The number of aliphatic hydroxyl groups is 1. The molecule has 0 spiro atoms. The van der Waals surface area contributed by atoms with Gasteiger partial charge in [-0.05, 0) is 59.1 Å². The SMILES string of the molecule is CC(C)c1cccc(C(C)C)c1NC(C#N)c1ccccc1.[C-]#[N+]C(O)c1ccccc1.[CH2+]C(C)c1cccc(C(C)C)c1N. The fourth-order valence-electron chi connectivity index (χ4n) is 4.93. The lowest BCUT2D eigenvalue weighted by molar-refractivity contribution is 0.226. The molecule has 4 aromatic carbocycles. The van der Waals surface area contributed by atoms with Crippen LogP contribution in [0.4, 0.5) is 11.4 Å². The monoisotopic (exact) mass is 601 g/mol. The average molecular weight is 602 g/mol. The molecular weight excluding hydrogens is 552 g/mol. The molecule has 5 heteroatoms. The van der Waals surface area contributed by atoms with E-state index in [2.05, 4.69) is 108 Å². The van der Waals surface area contributed by atoms with Crippen LogP contribution in [-0.2, 0) is 0 Å². The van der Waals surface area contributed by atoms with Gasteiger partial charge in [-0.2, -0.15) is 5.26 Å². The molecule has 45 heavy (non-hydrogen) atoms. The number of benzene rings is 4. The van der Waals surface area contributed by atoms with Gasteiger partial charge in [-0.15, -0.1) is 0 Å². The van der Waals surface area contributed by atoms with Gasteiger partial charge in [0.05, 0.1) is 18.6 Å². The molecule has 0 saturated heterocycles. The van der Waals surface area contributed by atoms with Crippen LogP contribution in [0.3, 0.4) is 0 Å². The smallest absolute Gasteiger partial charge is 0.352 e. The Morgan fingerprint density at radius 1 is 0.689 bits per heavy atom. The number of hydrogen-bond donors (Lipinski definition) is 3. The molecule has 0 aliphatic carbocycles. The van der Waals surface area contributed by atoms with Crippen LogP contribution >= 0.6 is 0 Å². The average Bonchev–Trinajstić information content (AvgIpc) is 3.04. The summed E-state index contributed by atoms with van der Waals surface area (Å²) >= 11 is 0. The van der Waals surface area contributed by atoms with Gasteiger partial charge in [0, 0.05) is 16.9 Å². The van der Waals surface area contributed by atoms with Crippen molar-refractivity contribution in [2.45, 2.75) is 84.4 Å². The molecule has 0 aliphatic heterocycles. The van der Waals surface area contributed by atoms with Crippen LogP contribution in [0.2, 0.25) is 0 Å². The van der Waals surface area contributed by atoms with E-state index < -0.39 is 6.23 Å². The minimum Gasteiger partial charge on any atom is -0.398 e. The lowest BCUT2D eigenvalue weighted by Gasteiger charge is -2.23. The molecule has 4 N–H and O–H groups in total. The third kappa shape index (κ3) is 10.8. The maximum absolute atomic E-state index is 9.59. The van der Waals surface area contributed by atoms with Gasteiger partial charge < -0.3 is 16.2 Å². The van der Waals surface area contributed by atoms with Crippen molar-refractivity contribution in [2.75, 3.05) is 11.1 Å². The number of para-hydroxylation sites is 2. The fourth-order valence-corrected chi connectivity index (χ4v) is 4.93. The molecule has 3 atom stereocenters. The molecule has 0 saturated carbocycles. The van der Waals surface area contributed by atoms with Crippen LogP contribution in [-0.4, -0.2) is 5.11 Å². The maximum atomic E-state index is 9.59. The fraction of sp³-hybridized carbons (Fsp3) is 0.325. The molecule has 234 valence electrons. The molecule has 0 aromatic heterocycles. The third-order valence-electron chi connectivity index (χ3n) is 7.47. The highest BCUT2D eigenvalue weighted by atomic mass is 16.3. The molecule has 0 fully saturated rings. The number of nitrogens with two attached hydrogens (primary N) is 1. The van der Waals surface area contributed by atoms with E-state index in [1.807, 2.05) is 36.4 Å². The van der Waals surface area contributed by atoms with E-state index in [1.165, 1.54) is 16.7 Å². The molecule has 5 nitrogen and oxygen atoms in total. The largest absolute Gasteiger partial charge is 0.398 e. The first-order chi connectivity index (χ1) is 21.4. The molecule has 0 heterocycles. The van der Waals surface area contributed by atoms with E-state index in [-0.39, 0.29) is 12.0 Å². The van der Waals surface area contributed by atoms with Gasteiger partial charge >= 0.3 is 6.23 Å². The predicted molar refractivity (Wildman–Crippen MR) is 190 cm³/mol. The van der Waals surface area contributed by atoms with Gasteiger partial charge in [0.1, 0.15) is 12.0 Å². The highest BCUT2D eigenvalue weighted by Gasteiger charge is 2.18. The summed E-state index contributed by atoms with van der Waals surface area (Å²) in [5.41, 5.74) is 14.6. The third-order valence-corrected chi connectivity index (χ3v) is 7.47. The lowest BCUT2D eigenvalue weighted by atomic mass is 9.92. The van der Waals surface area contributed by atoms with Crippen molar-refractivity contribution in [2.24, 2.45) is 0 Å². The second-order valence-electron chi connectivity index (χ2n) is 12.1. The van der Waals surface area contributed by atoms with Crippen LogP contribution in [0.1, 0.15) is 118 Å². The van der Waals surface area contributed by atoms with Crippen molar-refractivity contribution in [1.82, 2.24) is 0 Å². The summed E-state index contributed by atoms with van der Waals surface area (Å²) in [4.78, 5) is 2.96. The minimum absolute atomic E-state index is 0.263. The number of aliphatic hydroxyl groups excluding tert-OH is 1. The van der Waals surface area contributed by atoms with Gasteiger partial charge in [0.2, 0.25) is 0 Å². The van der Waals surface area contributed by atoms with Crippen molar-refractivity contribution in [3.05, 3.63) is 149 Å². The molecule has 4 rings (SSSR count). The van der Waals surface area contributed by atoms with Gasteiger partial charge in [-0.25, -0.2) is 6.57 Å². The maximum Gasteiger partial charge on any atom is 0.352 e. The molecule has 0 radical (unpaired) electrons. The molecule has 3 unspecified atom stereocenters. The van der Waals surface area contributed by atoms with Crippen molar-refractivity contribution < 1.29 is 5.11 Å². The predicted octanol–water partition coefficient (Wildman–Crippen LogP) is 10.5. The topological polar surface area (TPSA) is 86.4 Å². The summed E-state index contributed by atoms with van der Waals surface area (Å²) < 4.78 is 0. The Hall–Kier alpha value is -4.71. The number of nitriles is 1. The first kappa shape index (κ1) is 36.5. The number of rotatable bonds is 8. The van der Waals surface area contributed by atoms with E-state index in [0.717, 1.165) is 22.5 Å². The van der Waals surface area contributed by atoms with Gasteiger partial charge in [0.15, 0.2) is 0 Å². The number of anilines is 2. The van der Waals surface area contributed by atoms with E-state index >= 15 is 0 Å². The van der Waals surface area contributed by atoms with E-state index in [1.54, 1.807) is 24.3 Å².